The van der Waals surface area contributed by atoms with Crippen molar-refractivity contribution in [2.24, 2.45) is 0 Å². The summed E-state index contributed by atoms with van der Waals surface area (Å²) in [5.74, 6) is -0.443. The van der Waals surface area contributed by atoms with Crippen LogP contribution in [0, 0.1) is 13.8 Å². The van der Waals surface area contributed by atoms with Gasteiger partial charge in [-0.15, -0.1) is 0 Å². The average molecular weight is 346 g/mol. The lowest BCUT2D eigenvalue weighted by Crippen LogP contribution is -2.35. The summed E-state index contributed by atoms with van der Waals surface area (Å²) in [4.78, 5) is 29.2. The van der Waals surface area contributed by atoms with E-state index in [1.54, 1.807) is 7.05 Å². The molecule has 26 heavy (non-hydrogen) atoms. The first-order valence-electron chi connectivity index (χ1n) is 8.99. The van der Waals surface area contributed by atoms with E-state index in [1.807, 2.05) is 49.1 Å². The second-order valence-corrected chi connectivity index (χ2v) is 7.10. The number of benzene rings is 2. The van der Waals surface area contributed by atoms with Crippen LogP contribution in [0.5, 0.6) is 0 Å². The highest BCUT2D eigenvalue weighted by Crippen LogP contribution is 2.38. The van der Waals surface area contributed by atoms with Crippen molar-refractivity contribution in [3.8, 4) is 0 Å². The van der Waals surface area contributed by atoms with Crippen molar-refractivity contribution in [1.82, 2.24) is 4.90 Å². The van der Waals surface area contributed by atoms with Gasteiger partial charge >= 0.3 is 0 Å². The van der Waals surface area contributed by atoms with Crippen molar-refractivity contribution in [1.29, 1.82) is 0 Å². The molecule has 2 heterocycles. The summed E-state index contributed by atoms with van der Waals surface area (Å²) in [6.07, 6.45) is 1.96. The summed E-state index contributed by atoms with van der Waals surface area (Å²) in [5, 5.41) is 0. The SMILES string of the molecule is Cc1ccc(C2=C(N3CCCc4ccccc43)C(=O)N(C)C2=O)c(C)c1. The van der Waals surface area contributed by atoms with Crippen LogP contribution in [0.15, 0.2) is 48.2 Å². The lowest BCUT2D eigenvalue weighted by atomic mass is 9.95. The molecule has 0 radical (unpaired) electrons. The number of hydrogen-bond donors (Lipinski definition) is 0. The number of likely N-dealkylation sites (N-methyl/N-ethyl adjacent to an activating group) is 1. The maximum atomic E-state index is 13.0. The van der Waals surface area contributed by atoms with Gasteiger partial charge in [-0.3, -0.25) is 14.5 Å². The molecule has 0 spiro atoms. The van der Waals surface area contributed by atoms with Crippen LogP contribution in [0.25, 0.3) is 5.57 Å². The fraction of sp³-hybridized carbons (Fsp3) is 0.273. The topological polar surface area (TPSA) is 40.6 Å². The number of carbonyl (C=O) groups excluding carboxylic acids is 2. The van der Waals surface area contributed by atoms with Crippen LogP contribution in [-0.4, -0.2) is 30.3 Å². The van der Waals surface area contributed by atoms with Crippen LogP contribution in [0.3, 0.4) is 0 Å². The molecule has 0 atom stereocenters. The zero-order valence-corrected chi connectivity index (χ0v) is 15.4. The van der Waals surface area contributed by atoms with Gasteiger partial charge in [0.1, 0.15) is 5.70 Å². The van der Waals surface area contributed by atoms with Gasteiger partial charge < -0.3 is 4.90 Å². The van der Waals surface area contributed by atoms with Gasteiger partial charge in [0.25, 0.3) is 11.8 Å². The number of aryl methyl sites for hydroxylation is 3. The van der Waals surface area contributed by atoms with E-state index in [4.69, 9.17) is 0 Å². The Morgan fingerprint density at radius 2 is 1.73 bits per heavy atom. The summed E-state index contributed by atoms with van der Waals surface area (Å²) in [7, 11) is 1.57. The Labute approximate surface area is 153 Å². The zero-order valence-electron chi connectivity index (χ0n) is 15.4. The minimum Gasteiger partial charge on any atom is -0.336 e. The van der Waals surface area contributed by atoms with Crippen molar-refractivity contribution < 1.29 is 9.59 Å². The van der Waals surface area contributed by atoms with E-state index in [0.29, 0.717) is 11.3 Å². The molecule has 0 aliphatic carbocycles. The van der Waals surface area contributed by atoms with Gasteiger partial charge in [-0.2, -0.15) is 0 Å². The smallest absolute Gasteiger partial charge is 0.277 e. The third kappa shape index (κ3) is 2.45. The highest BCUT2D eigenvalue weighted by Gasteiger charge is 2.41. The van der Waals surface area contributed by atoms with Crippen LogP contribution in [-0.2, 0) is 16.0 Å². The van der Waals surface area contributed by atoms with Gasteiger partial charge in [-0.05, 0) is 49.4 Å². The molecule has 0 aromatic heterocycles. The fourth-order valence-corrected chi connectivity index (χ4v) is 3.98. The molecule has 132 valence electrons. The van der Waals surface area contributed by atoms with Gasteiger partial charge in [0.15, 0.2) is 0 Å². The molecule has 4 heteroatoms. The summed E-state index contributed by atoms with van der Waals surface area (Å²) in [6.45, 7) is 4.77. The molecule has 0 unspecified atom stereocenters. The quantitative estimate of drug-likeness (QED) is 0.782. The highest BCUT2D eigenvalue weighted by molar-refractivity contribution is 6.36. The molecule has 2 aromatic rings. The van der Waals surface area contributed by atoms with Gasteiger partial charge in [0.05, 0.1) is 5.57 Å². The Hall–Kier alpha value is -2.88. The second kappa shape index (κ2) is 6.13. The van der Waals surface area contributed by atoms with E-state index >= 15 is 0 Å². The maximum absolute atomic E-state index is 13.0. The van der Waals surface area contributed by atoms with Crippen LogP contribution in [0.2, 0.25) is 0 Å². The molecule has 4 rings (SSSR count). The van der Waals surface area contributed by atoms with E-state index in [9.17, 15) is 9.59 Å². The molecule has 2 aromatic carbocycles. The molecular weight excluding hydrogens is 324 g/mol. The third-order valence-corrected chi connectivity index (χ3v) is 5.29. The number of carbonyl (C=O) groups is 2. The molecule has 0 saturated heterocycles. The van der Waals surface area contributed by atoms with Crippen LogP contribution >= 0.6 is 0 Å². The predicted molar refractivity (Wildman–Crippen MR) is 103 cm³/mol. The monoisotopic (exact) mass is 346 g/mol. The third-order valence-electron chi connectivity index (χ3n) is 5.29. The van der Waals surface area contributed by atoms with Crippen LogP contribution in [0.4, 0.5) is 5.69 Å². The lowest BCUT2D eigenvalue weighted by molar-refractivity contribution is -0.135. The molecule has 4 nitrogen and oxygen atoms in total. The maximum Gasteiger partial charge on any atom is 0.277 e. The molecule has 0 N–H and O–H groups in total. The molecular formula is C22H22N2O2. The van der Waals surface area contributed by atoms with E-state index < -0.39 is 0 Å². The standard InChI is InChI=1S/C22H22N2O2/c1-14-10-11-17(15(2)13-14)19-20(22(26)23(3)21(19)25)24-12-6-8-16-7-4-5-9-18(16)24/h4-5,7,9-11,13H,6,8,12H2,1-3H3. The molecule has 2 aliphatic rings. The van der Waals surface area contributed by atoms with E-state index in [2.05, 4.69) is 12.1 Å². The average Bonchev–Trinajstić information content (AvgIpc) is 2.85. The molecule has 2 amide bonds. The number of fused-ring (bicyclic) bond motifs is 1. The number of nitrogens with zero attached hydrogens (tertiary/aromatic N) is 2. The molecule has 0 fully saturated rings. The second-order valence-electron chi connectivity index (χ2n) is 7.10. The number of anilines is 1. The number of amides is 2. The minimum atomic E-state index is -0.222. The Morgan fingerprint density at radius 3 is 2.50 bits per heavy atom. The Balaban J connectivity index is 1.95. The highest BCUT2D eigenvalue weighted by atomic mass is 16.2. The number of imide groups is 1. The number of para-hydroxylation sites is 1. The first-order valence-corrected chi connectivity index (χ1v) is 8.99. The van der Waals surface area contributed by atoms with Gasteiger partial charge in [-0.25, -0.2) is 0 Å². The molecule has 0 saturated carbocycles. The Bertz CT molecular complexity index is 958. The van der Waals surface area contributed by atoms with Gasteiger partial charge in [0.2, 0.25) is 0 Å². The minimum absolute atomic E-state index is 0.221. The molecule has 2 aliphatic heterocycles. The predicted octanol–water partition coefficient (Wildman–Crippen LogP) is 3.47. The fourth-order valence-electron chi connectivity index (χ4n) is 3.98. The van der Waals surface area contributed by atoms with Crippen LogP contribution in [0.1, 0.15) is 28.7 Å². The van der Waals surface area contributed by atoms with Crippen LogP contribution < -0.4 is 4.90 Å². The summed E-state index contributed by atoms with van der Waals surface area (Å²) >= 11 is 0. The Morgan fingerprint density at radius 1 is 0.962 bits per heavy atom. The van der Waals surface area contributed by atoms with E-state index in [-0.39, 0.29) is 11.8 Å². The van der Waals surface area contributed by atoms with Crippen molar-refractivity contribution in [2.75, 3.05) is 18.5 Å². The summed E-state index contributed by atoms with van der Waals surface area (Å²) in [6, 6.07) is 14.2. The molecule has 0 bridgehead atoms. The largest absolute Gasteiger partial charge is 0.336 e. The summed E-state index contributed by atoms with van der Waals surface area (Å²) in [5.41, 5.74) is 6.29. The van der Waals surface area contributed by atoms with E-state index in [0.717, 1.165) is 41.8 Å². The first kappa shape index (κ1) is 16.6. The van der Waals surface area contributed by atoms with Crippen molar-refractivity contribution >= 4 is 23.1 Å². The van der Waals surface area contributed by atoms with E-state index in [1.165, 1.54) is 10.5 Å². The zero-order chi connectivity index (χ0) is 18.4. The number of rotatable bonds is 2. The Kier molecular flexibility index (Phi) is 3.91. The summed E-state index contributed by atoms with van der Waals surface area (Å²) < 4.78 is 0. The van der Waals surface area contributed by atoms with Crippen molar-refractivity contribution in [3.63, 3.8) is 0 Å². The van der Waals surface area contributed by atoms with Crippen molar-refractivity contribution in [3.05, 3.63) is 70.4 Å². The number of hydrogen-bond acceptors (Lipinski definition) is 3. The van der Waals surface area contributed by atoms with Gasteiger partial charge in [-0.1, -0.05) is 42.0 Å². The first-order chi connectivity index (χ1) is 12.5. The lowest BCUT2D eigenvalue weighted by Gasteiger charge is -2.32. The van der Waals surface area contributed by atoms with Gasteiger partial charge in [0, 0.05) is 19.3 Å². The normalized spacial score (nSPS) is 17.2. The van der Waals surface area contributed by atoms with Crippen molar-refractivity contribution in [2.45, 2.75) is 26.7 Å².